The Morgan fingerprint density at radius 1 is 0.975 bits per heavy atom. The number of carbonyl (C=O) groups excluding carboxylic acids is 3. The number of carbonyl (C=O) groups is 3. The fourth-order valence-electron chi connectivity index (χ4n) is 6.18. The van der Waals surface area contributed by atoms with E-state index in [1.54, 1.807) is 42.2 Å². The minimum absolute atomic E-state index is 0.0421. The molecule has 9 heteroatoms. The average molecular weight is 565 g/mol. The molecular weight excluding hydrogens is 531 g/mol. The van der Waals surface area contributed by atoms with E-state index < -0.39 is 21.8 Å². The summed E-state index contributed by atoms with van der Waals surface area (Å²) in [5, 5.41) is 0. The van der Waals surface area contributed by atoms with Crippen LogP contribution < -0.4 is 0 Å². The van der Waals surface area contributed by atoms with Crippen molar-refractivity contribution in [1.29, 1.82) is 0 Å². The van der Waals surface area contributed by atoms with Crippen molar-refractivity contribution in [2.75, 3.05) is 13.1 Å². The summed E-state index contributed by atoms with van der Waals surface area (Å²) in [6.45, 7) is 4.49. The van der Waals surface area contributed by atoms with E-state index in [-0.39, 0.29) is 34.7 Å². The molecular formula is C31H33FN2O5S. The molecule has 2 heterocycles. The summed E-state index contributed by atoms with van der Waals surface area (Å²) in [5.74, 6) is -1.47. The molecule has 2 aromatic carbocycles. The molecule has 40 heavy (non-hydrogen) atoms. The molecule has 1 aromatic heterocycles. The maximum Gasteiger partial charge on any atom is 0.268 e. The molecule has 0 radical (unpaired) electrons. The van der Waals surface area contributed by atoms with Gasteiger partial charge in [-0.3, -0.25) is 14.4 Å². The first-order valence-corrected chi connectivity index (χ1v) is 15.2. The predicted octanol–water partition coefficient (Wildman–Crippen LogP) is 4.99. The number of benzene rings is 2. The highest BCUT2D eigenvalue weighted by Crippen LogP contribution is 2.37. The van der Waals surface area contributed by atoms with Gasteiger partial charge in [0.25, 0.3) is 10.0 Å². The van der Waals surface area contributed by atoms with Crippen molar-refractivity contribution in [2.45, 2.75) is 57.3 Å². The lowest BCUT2D eigenvalue weighted by molar-refractivity contribution is -0.133. The van der Waals surface area contributed by atoms with Gasteiger partial charge in [0.15, 0.2) is 11.6 Å². The van der Waals surface area contributed by atoms with Crippen molar-refractivity contribution < 1.29 is 27.2 Å². The van der Waals surface area contributed by atoms with Crippen LogP contribution in [0.4, 0.5) is 4.39 Å². The molecule has 7 nitrogen and oxygen atoms in total. The average Bonchev–Trinajstić information content (AvgIpc) is 3.27. The lowest BCUT2D eigenvalue weighted by Crippen LogP contribution is -2.41. The van der Waals surface area contributed by atoms with Crippen molar-refractivity contribution in [1.82, 2.24) is 8.87 Å². The highest BCUT2D eigenvalue weighted by molar-refractivity contribution is 7.90. The molecule has 210 valence electrons. The van der Waals surface area contributed by atoms with Gasteiger partial charge < -0.3 is 4.90 Å². The monoisotopic (exact) mass is 564 g/mol. The summed E-state index contributed by atoms with van der Waals surface area (Å²) in [6.07, 6.45) is 2.39. The molecule has 2 aliphatic rings. The number of piperidine rings is 1. The van der Waals surface area contributed by atoms with Crippen LogP contribution in [0.2, 0.25) is 0 Å². The second kappa shape index (κ2) is 11.1. The highest BCUT2D eigenvalue weighted by Gasteiger charge is 2.39. The lowest BCUT2D eigenvalue weighted by Gasteiger charge is -2.33. The summed E-state index contributed by atoms with van der Waals surface area (Å²) in [7, 11) is -3.87. The van der Waals surface area contributed by atoms with E-state index in [9.17, 15) is 27.2 Å². The second-order valence-electron chi connectivity index (χ2n) is 10.7. The predicted molar refractivity (Wildman–Crippen MR) is 148 cm³/mol. The van der Waals surface area contributed by atoms with Gasteiger partial charge in [0.2, 0.25) is 5.91 Å². The Morgan fingerprint density at radius 2 is 1.62 bits per heavy atom. The number of hydrogen-bond donors (Lipinski definition) is 0. The van der Waals surface area contributed by atoms with E-state index in [1.807, 2.05) is 6.92 Å². The molecule has 1 saturated heterocycles. The molecule has 1 amide bonds. The summed E-state index contributed by atoms with van der Waals surface area (Å²) >= 11 is 0. The van der Waals surface area contributed by atoms with Crippen LogP contribution >= 0.6 is 0 Å². The Bertz CT molecular complexity index is 1550. The highest BCUT2D eigenvalue weighted by atomic mass is 32.2. The number of likely N-dealkylation sites (tertiary alicyclic amines) is 1. The summed E-state index contributed by atoms with van der Waals surface area (Å²) in [4.78, 5) is 41.6. The number of amides is 1. The van der Waals surface area contributed by atoms with Gasteiger partial charge >= 0.3 is 0 Å². The first kappa shape index (κ1) is 28.0. The largest absolute Gasteiger partial charge is 0.343 e. The third-order valence-electron chi connectivity index (χ3n) is 8.33. The van der Waals surface area contributed by atoms with Gasteiger partial charge in [-0.15, -0.1) is 0 Å². The molecule has 1 fully saturated rings. The maximum atomic E-state index is 13.7. The molecule has 1 aliphatic carbocycles. The Hall–Kier alpha value is -3.59. The Labute approximate surface area is 234 Å². The molecule has 1 atom stereocenters. The molecule has 0 bridgehead atoms. The van der Waals surface area contributed by atoms with E-state index in [1.165, 1.54) is 28.2 Å². The number of ketones is 2. The van der Waals surface area contributed by atoms with Gasteiger partial charge in [0, 0.05) is 53.9 Å². The minimum Gasteiger partial charge on any atom is -0.343 e. The normalized spacial score (nSPS) is 18.0. The maximum absolute atomic E-state index is 13.7. The van der Waals surface area contributed by atoms with Gasteiger partial charge in [-0.25, -0.2) is 16.8 Å². The summed E-state index contributed by atoms with van der Waals surface area (Å²) < 4.78 is 41.7. The fraction of sp³-hybridized carbons (Fsp3) is 0.387. The zero-order valence-electron chi connectivity index (χ0n) is 22.7. The van der Waals surface area contributed by atoms with E-state index in [0.717, 1.165) is 5.56 Å². The Morgan fingerprint density at radius 3 is 2.25 bits per heavy atom. The SMILES string of the molecule is CCc1c2c(n(S(=O)(=O)c3ccccc3)c1C)CCC(CC(=O)N1CCC(C(=O)c3ccc(F)cc3)CC1)C2=O. The van der Waals surface area contributed by atoms with E-state index >= 15 is 0 Å². The van der Waals surface area contributed by atoms with Crippen LogP contribution in [-0.2, 0) is 27.7 Å². The van der Waals surface area contributed by atoms with Crippen LogP contribution in [0.15, 0.2) is 59.5 Å². The van der Waals surface area contributed by atoms with Crippen LogP contribution in [0.5, 0.6) is 0 Å². The molecule has 0 spiro atoms. The number of rotatable bonds is 7. The third kappa shape index (κ3) is 5.03. The zero-order valence-corrected chi connectivity index (χ0v) is 23.5. The standard InChI is InChI=1S/C31H33FN2O5S/c1-3-26-20(2)34(40(38,39)25-7-5-4-6-8-25)27-14-11-23(31(37)29(26)27)19-28(35)33-17-15-22(16-18-33)30(36)21-9-12-24(32)13-10-21/h4-10,12-13,22-23H,3,11,14-19H2,1-2H3. The topological polar surface area (TPSA) is 93.5 Å². The van der Waals surface area contributed by atoms with Crippen molar-refractivity contribution >= 4 is 27.5 Å². The van der Waals surface area contributed by atoms with Gasteiger partial charge in [-0.2, -0.15) is 0 Å². The molecule has 1 aliphatic heterocycles. The molecule has 0 saturated carbocycles. The van der Waals surface area contributed by atoms with Crippen LogP contribution in [0.3, 0.4) is 0 Å². The minimum atomic E-state index is -3.87. The smallest absolute Gasteiger partial charge is 0.268 e. The molecule has 0 N–H and O–H groups in total. The van der Waals surface area contributed by atoms with Crippen molar-refractivity contribution in [3.8, 4) is 0 Å². The van der Waals surface area contributed by atoms with Gasteiger partial charge in [-0.1, -0.05) is 25.1 Å². The zero-order chi connectivity index (χ0) is 28.6. The van der Waals surface area contributed by atoms with Crippen LogP contribution in [-0.4, -0.2) is 47.9 Å². The first-order chi connectivity index (χ1) is 19.1. The first-order valence-electron chi connectivity index (χ1n) is 13.8. The lowest BCUT2D eigenvalue weighted by atomic mass is 9.81. The van der Waals surface area contributed by atoms with E-state index in [0.29, 0.717) is 67.7 Å². The number of aromatic nitrogens is 1. The third-order valence-corrected chi connectivity index (χ3v) is 10.2. The molecule has 1 unspecified atom stereocenters. The van der Waals surface area contributed by atoms with Gasteiger partial charge in [0.1, 0.15) is 5.82 Å². The summed E-state index contributed by atoms with van der Waals surface area (Å²) in [5.41, 5.74) is 2.69. The van der Waals surface area contributed by atoms with Gasteiger partial charge in [0.05, 0.1) is 4.90 Å². The van der Waals surface area contributed by atoms with E-state index in [2.05, 4.69) is 0 Å². The number of halogens is 1. The Balaban J connectivity index is 1.29. The van der Waals surface area contributed by atoms with Crippen molar-refractivity contribution in [2.24, 2.45) is 11.8 Å². The van der Waals surface area contributed by atoms with Crippen LogP contribution in [0, 0.1) is 24.6 Å². The van der Waals surface area contributed by atoms with Crippen molar-refractivity contribution in [3.63, 3.8) is 0 Å². The van der Waals surface area contributed by atoms with Crippen LogP contribution in [0.1, 0.15) is 70.3 Å². The fourth-order valence-corrected chi connectivity index (χ4v) is 7.83. The Kier molecular flexibility index (Phi) is 7.77. The molecule has 5 rings (SSSR count). The number of fused-ring (bicyclic) bond motifs is 1. The van der Waals surface area contributed by atoms with Crippen LogP contribution in [0.25, 0.3) is 0 Å². The number of Topliss-reactive ketones (excluding diaryl/α,β-unsaturated/α-hetero) is 2. The van der Waals surface area contributed by atoms with E-state index in [4.69, 9.17) is 0 Å². The second-order valence-corrected chi connectivity index (χ2v) is 12.4. The number of hydrogen-bond acceptors (Lipinski definition) is 5. The quantitative estimate of drug-likeness (QED) is 0.377. The van der Waals surface area contributed by atoms with Gasteiger partial charge in [-0.05, 0) is 81.0 Å². The summed E-state index contributed by atoms with van der Waals surface area (Å²) in [6, 6.07) is 13.7. The van der Waals surface area contributed by atoms with Crippen molar-refractivity contribution in [3.05, 3.63) is 88.5 Å². The molecule has 3 aromatic rings. The number of nitrogens with zero attached hydrogens (tertiary/aromatic N) is 2.